The van der Waals surface area contributed by atoms with Crippen molar-refractivity contribution < 1.29 is 35.5 Å². The molecule has 0 heterocycles. The molecule has 1 nitrogen and oxygen atoms in total. The van der Waals surface area contributed by atoms with Gasteiger partial charge < -0.3 is 4.74 Å². The highest BCUT2D eigenvalue weighted by atomic mass is 19.4. The van der Waals surface area contributed by atoms with Crippen LogP contribution in [-0.2, 0) is 11.3 Å². The maximum atomic E-state index is 13.4. The molecule has 106 valence electrons. The van der Waals surface area contributed by atoms with Gasteiger partial charge in [-0.25, -0.2) is 0 Å². The Morgan fingerprint density at radius 2 is 1.21 bits per heavy atom. The van der Waals surface area contributed by atoms with Crippen LogP contribution in [0.3, 0.4) is 0 Å². The molecule has 0 spiro atoms. The summed E-state index contributed by atoms with van der Waals surface area (Å²) in [4.78, 5) is 0. The first-order valence-corrected chi connectivity index (χ1v) is 5.08. The van der Waals surface area contributed by atoms with E-state index < -0.39 is 30.2 Å². The molecule has 1 aromatic carbocycles. The molecule has 1 aliphatic rings. The third-order valence-corrected chi connectivity index (χ3v) is 2.88. The zero-order chi connectivity index (χ0) is 14.5. The fourth-order valence-corrected chi connectivity index (χ4v) is 1.67. The van der Waals surface area contributed by atoms with Crippen molar-refractivity contribution in [3.63, 3.8) is 0 Å². The standard InChI is InChI=1S/C11H7F7O/c12-8(13)9(14,15)11(18,10(8,16)17)19-6-7-4-2-1-3-5-7/h1-5H,6H2. The predicted octanol–water partition coefficient (Wildman–Crippen LogP) is 3.79. The summed E-state index contributed by atoms with van der Waals surface area (Å²) in [5, 5.41) is 0. The lowest BCUT2D eigenvalue weighted by Gasteiger charge is -2.52. The number of hydrogen-bond donors (Lipinski definition) is 0. The maximum absolute atomic E-state index is 13.4. The van der Waals surface area contributed by atoms with Gasteiger partial charge >= 0.3 is 23.6 Å². The van der Waals surface area contributed by atoms with E-state index in [9.17, 15) is 30.7 Å². The second kappa shape index (κ2) is 3.84. The van der Waals surface area contributed by atoms with Crippen molar-refractivity contribution in [3.8, 4) is 0 Å². The molecular formula is C11H7F7O. The molecule has 0 bridgehead atoms. The molecule has 0 unspecified atom stereocenters. The number of hydrogen-bond acceptors (Lipinski definition) is 1. The number of ether oxygens (including phenoxy) is 1. The van der Waals surface area contributed by atoms with Gasteiger partial charge in [0.15, 0.2) is 0 Å². The largest absolute Gasteiger partial charge is 0.384 e. The Morgan fingerprint density at radius 1 is 0.737 bits per heavy atom. The van der Waals surface area contributed by atoms with Gasteiger partial charge in [-0.3, -0.25) is 0 Å². The zero-order valence-corrected chi connectivity index (χ0v) is 9.15. The summed E-state index contributed by atoms with van der Waals surface area (Å²) in [6.07, 6.45) is 0. The highest BCUT2D eigenvalue weighted by Crippen LogP contribution is 2.69. The van der Waals surface area contributed by atoms with E-state index in [-0.39, 0.29) is 5.56 Å². The van der Waals surface area contributed by atoms with Crippen LogP contribution in [0.4, 0.5) is 30.7 Å². The number of benzene rings is 1. The van der Waals surface area contributed by atoms with Crippen LogP contribution in [0.5, 0.6) is 0 Å². The highest BCUT2D eigenvalue weighted by molar-refractivity contribution is 5.24. The van der Waals surface area contributed by atoms with Gasteiger partial charge in [0.25, 0.3) is 0 Å². The average Bonchev–Trinajstić information content (AvgIpc) is 2.35. The van der Waals surface area contributed by atoms with E-state index >= 15 is 0 Å². The number of alkyl halides is 7. The summed E-state index contributed by atoms with van der Waals surface area (Å²) in [5.74, 6) is -22.0. The van der Waals surface area contributed by atoms with Crippen LogP contribution in [0.15, 0.2) is 30.3 Å². The zero-order valence-electron chi connectivity index (χ0n) is 9.15. The van der Waals surface area contributed by atoms with Gasteiger partial charge in [0.05, 0.1) is 6.61 Å². The lowest BCUT2D eigenvalue weighted by molar-refractivity contribution is -0.534. The van der Waals surface area contributed by atoms with Crippen LogP contribution >= 0.6 is 0 Å². The third-order valence-electron chi connectivity index (χ3n) is 2.88. The maximum Gasteiger partial charge on any atom is 0.384 e. The van der Waals surface area contributed by atoms with Crippen LogP contribution in [0.2, 0.25) is 0 Å². The molecule has 0 aromatic heterocycles. The molecule has 0 radical (unpaired) electrons. The Hall–Kier alpha value is -1.31. The van der Waals surface area contributed by atoms with Crippen molar-refractivity contribution in [1.29, 1.82) is 0 Å². The fraction of sp³-hybridized carbons (Fsp3) is 0.455. The molecule has 8 heteroatoms. The normalized spacial score (nSPS) is 25.6. The summed E-state index contributed by atoms with van der Waals surface area (Å²) < 4.78 is 93.5. The Morgan fingerprint density at radius 3 is 1.68 bits per heavy atom. The summed E-state index contributed by atoms with van der Waals surface area (Å²) in [6.45, 7) is -0.974. The smallest absolute Gasteiger partial charge is 0.331 e. The van der Waals surface area contributed by atoms with E-state index in [0.717, 1.165) is 0 Å². The van der Waals surface area contributed by atoms with Gasteiger partial charge in [-0.2, -0.15) is 30.7 Å². The SMILES string of the molecule is FC1(F)C(F)(F)C(F)(OCc2ccccc2)C1(F)F. The quantitative estimate of drug-likeness (QED) is 0.769. The predicted molar refractivity (Wildman–Crippen MR) is 49.9 cm³/mol. The topological polar surface area (TPSA) is 9.23 Å². The van der Waals surface area contributed by atoms with Crippen LogP contribution in [-0.4, -0.2) is 23.6 Å². The van der Waals surface area contributed by atoms with Crippen molar-refractivity contribution in [2.75, 3.05) is 0 Å². The first-order valence-electron chi connectivity index (χ1n) is 5.08. The monoisotopic (exact) mass is 288 g/mol. The molecule has 0 amide bonds. The molecule has 2 rings (SSSR count). The first-order chi connectivity index (χ1) is 8.58. The van der Waals surface area contributed by atoms with Gasteiger partial charge in [0.1, 0.15) is 0 Å². The van der Waals surface area contributed by atoms with Crippen molar-refractivity contribution in [1.82, 2.24) is 0 Å². The molecule has 0 aliphatic heterocycles. The molecule has 0 atom stereocenters. The molecule has 1 aliphatic carbocycles. The Labute approximate surface area is 103 Å². The number of halogens is 7. The van der Waals surface area contributed by atoms with E-state index in [4.69, 9.17) is 0 Å². The third kappa shape index (κ3) is 1.52. The minimum Gasteiger partial charge on any atom is -0.331 e. The molecule has 1 aromatic rings. The first kappa shape index (κ1) is 14.1. The molecule has 1 saturated carbocycles. The lowest BCUT2D eigenvalue weighted by atomic mass is 9.78. The summed E-state index contributed by atoms with van der Waals surface area (Å²) >= 11 is 0. The van der Waals surface area contributed by atoms with Crippen molar-refractivity contribution in [3.05, 3.63) is 35.9 Å². The van der Waals surface area contributed by atoms with Gasteiger partial charge in [-0.05, 0) is 5.56 Å². The van der Waals surface area contributed by atoms with Gasteiger partial charge in [0.2, 0.25) is 0 Å². The Bertz CT molecular complexity index is 453. The van der Waals surface area contributed by atoms with E-state index in [0.29, 0.717) is 0 Å². The van der Waals surface area contributed by atoms with Gasteiger partial charge in [0, 0.05) is 0 Å². The van der Waals surface area contributed by atoms with Crippen molar-refractivity contribution >= 4 is 0 Å². The highest BCUT2D eigenvalue weighted by Gasteiger charge is 3.01. The molecule has 0 saturated heterocycles. The Kier molecular flexibility index (Phi) is 2.85. The van der Waals surface area contributed by atoms with Crippen molar-refractivity contribution in [2.24, 2.45) is 0 Å². The fourth-order valence-electron chi connectivity index (χ4n) is 1.67. The molecule has 19 heavy (non-hydrogen) atoms. The summed E-state index contributed by atoms with van der Waals surface area (Å²) in [6, 6.07) is 6.97. The van der Waals surface area contributed by atoms with Crippen LogP contribution in [0.1, 0.15) is 5.56 Å². The minimum absolute atomic E-state index is 0.0985. The second-order valence-electron chi connectivity index (χ2n) is 4.09. The van der Waals surface area contributed by atoms with Crippen LogP contribution in [0, 0.1) is 0 Å². The minimum atomic E-state index is -5.77. The Balaban J connectivity index is 2.20. The summed E-state index contributed by atoms with van der Waals surface area (Å²) in [7, 11) is 0. The van der Waals surface area contributed by atoms with Gasteiger partial charge in [-0.15, -0.1) is 0 Å². The molecule has 1 fully saturated rings. The lowest BCUT2D eigenvalue weighted by Crippen LogP contribution is -2.85. The second-order valence-corrected chi connectivity index (χ2v) is 4.09. The van der Waals surface area contributed by atoms with Crippen LogP contribution in [0.25, 0.3) is 0 Å². The molecular weight excluding hydrogens is 281 g/mol. The van der Waals surface area contributed by atoms with E-state index in [1.165, 1.54) is 30.3 Å². The van der Waals surface area contributed by atoms with E-state index in [1.54, 1.807) is 0 Å². The van der Waals surface area contributed by atoms with E-state index in [1.807, 2.05) is 0 Å². The van der Waals surface area contributed by atoms with Gasteiger partial charge in [-0.1, -0.05) is 30.3 Å². The molecule has 0 N–H and O–H groups in total. The van der Waals surface area contributed by atoms with Crippen LogP contribution < -0.4 is 0 Å². The van der Waals surface area contributed by atoms with Crippen molar-refractivity contribution in [2.45, 2.75) is 30.2 Å². The summed E-state index contributed by atoms with van der Waals surface area (Å²) in [5.41, 5.74) is 0.0985. The van der Waals surface area contributed by atoms with E-state index in [2.05, 4.69) is 4.74 Å². The number of rotatable bonds is 3. The average molecular weight is 288 g/mol.